The number of anilines is 1. The van der Waals surface area contributed by atoms with Gasteiger partial charge in [0.1, 0.15) is 17.6 Å². The average Bonchev–Trinajstić information content (AvgIpc) is 3.55. The molecule has 0 radical (unpaired) electrons. The van der Waals surface area contributed by atoms with Crippen molar-refractivity contribution in [2.75, 3.05) is 12.4 Å². The van der Waals surface area contributed by atoms with Crippen molar-refractivity contribution >= 4 is 46.7 Å². The largest absolute Gasteiger partial charge is 0.465 e. The van der Waals surface area contributed by atoms with Gasteiger partial charge in [0.15, 0.2) is 0 Å². The third-order valence-corrected chi connectivity index (χ3v) is 12.2. The molecule has 50 heavy (non-hydrogen) atoms. The molecule has 4 aliphatic rings. The van der Waals surface area contributed by atoms with Gasteiger partial charge in [0, 0.05) is 27.2 Å². The predicted octanol–water partition coefficient (Wildman–Crippen LogP) is 8.82. The highest BCUT2D eigenvalue weighted by atomic mass is 35.5. The molecule has 1 amide bonds. The number of cyclic esters (lactones) is 1. The number of nitrogens with one attached hydrogen (secondary N) is 1. The Labute approximate surface area is 301 Å². The number of fused-ring (bicyclic) bond motifs is 5. The molecule has 0 bridgehead atoms. The Bertz CT molecular complexity index is 2010. The van der Waals surface area contributed by atoms with Crippen LogP contribution in [0.3, 0.4) is 0 Å². The Morgan fingerprint density at radius 2 is 1.46 bits per heavy atom. The smallest absolute Gasteiger partial charge is 0.337 e. The summed E-state index contributed by atoms with van der Waals surface area (Å²) in [5.74, 6) is -1.98. The summed E-state index contributed by atoms with van der Waals surface area (Å²) in [5, 5.41) is 4.02. The molecular formula is C41H38Cl2N2O5. The second-order valence-electron chi connectivity index (χ2n) is 14.9. The number of carbonyl (C=O) groups excluding carboxylic acids is 3. The lowest BCUT2D eigenvalue weighted by atomic mass is 9.53. The highest BCUT2D eigenvalue weighted by molar-refractivity contribution is 6.31. The summed E-state index contributed by atoms with van der Waals surface area (Å²) in [6.45, 7) is 4.54. The number of hydrogen-bond donors (Lipinski definition) is 1. The third kappa shape index (κ3) is 4.77. The molecule has 9 heteroatoms. The molecule has 4 aromatic carbocycles. The maximum absolute atomic E-state index is 15.3. The van der Waals surface area contributed by atoms with Crippen LogP contribution in [0.15, 0.2) is 97.1 Å². The Balaban J connectivity index is 1.49. The number of hydrogen-bond acceptors (Lipinski definition) is 6. The van der Waals surface area contributed by atoms with Gasteiger partial charge in [0.05, 0.1) is 18.7 Å². The van der Waals surface area contributed by atoms with E-state index in [1.54, 1.807) is 24.3 Å². The molecule has 3 heterocycles. The fourth-order valence-corrected chi connectivity index (χ4v) is 10.1. The summed E-state index contributed by atoms with van der Waals surface area (Å²) in [6, 6.07) is 29.2. The van der Waals surface area contributed by atoms with Gasteiger partial charge in [-0.1, -0.05) is 104 Å². The normalized spacial score (nSPS) is 27.8. The molecule has 7 nitrogen and oxygen atoms in total. The van der Waals surface area contributed by atoms with Crippen LogP contribution in [0.25, 0.3) is 0 Å². The van der Waals surface area contributed by atoms with Gasteiger partial charge in [-0.25, -0.2) is 4.79 Å². The lowest BCUT2D eigenvalue weighted by Crippen LogP contribution is -2.64. The molecule has 3 fully saturated rings. The minimum Gasteiger partial charge on any atom is -0.465 e. The van der Waals surface area contributed by atoms with Gasteiger partial charge in [-0.15, -0.1) is 0 Å². The number of carbonyl (C=O) groups is 3. The maximum atomic E-state index is 15.3. The number of halogens is 2. The molecule has 1 saturated carbocycles. The van der Waals surface area contributed by atoms with Crippen molar-refractivity contribution in [3.05, 3.63) is 135 Å². The van der Waals surface area contributed by atoms with Crippen LogP contribution in [0, 0.1) is 5.41 Å². The molecular weight excluding hydrogens is 671 g/mol. The SMILES string of the molecule is COC(=O)c1cc(Cl)cc([C@H]2[C@@H]3C(=O)O[C@@H](c4ccccc4)[C@@H](c4ccccc4)N3C3(CCC(C)(C)CC3)[C@]23C(=O)Nc2cc(Cl)ccc23)c1. The van der Waals surface area contributed by atoms with Crippen LogP contribution >= 0.6 is 23.2 Å². The van der Waals surface area contributed by atoms with E-state index in [9.17, 15) is 4.79 Å². The number of ether oxygens (including phenoxy) is 2. The first-order chi connectivity index (χ1) is 24.0. The summed E-state index contributed by atoms with van der Waals surface area (Å²) in [6.07, 6.45) is 2.30. The van der Waals surface area contributed by atoms with Crippen LogP contribution < -0.4 is 5.32 Å². The van der Waals surface area contributed by atoms with Gasteiger partial charge in [0.25, 0.3) is 0 Å². The number of nitrogens with zero attached hydrogens (tertiary/aromatic N) is 1. The van der Waals surface area contributed by atoms with E-state index in [1.807, 2.05) is 60.7 Å². The third-order valence-electron chi connectivity index (χ3n) is 11.8. The zero-order chi connectivity index (χ0) is 35.0. The Kier molecular flexibility index (Phi) is 7.90. The van der Waals surface area contributed by atoms with Crippen molar-refractivity contribution in [2.45, 2.75) is 74.6 Å². The molecule has 3 aliphatic heterocycles. The van der Waals surface area contributed by atoms with E-state index >= 15 is 9.59 Å². The van der Waals surface area contributed by atoms with Crippen molar-refractivity contribution in [3.63, 3.8) is 0 Å². The summed E-state index contributed by atoms with van der Waals surface area (Å²) < 4.78 is 11.7. The van der Waals surface area contributed by atoms with Crippen LogP contribution in [0.1, 0.15) is 90.2 Å². The highest BCUT2D eigenvalue weighted by Gasteiger charge is 2.78. The molecule has 5 atom stereocenters. The number of benzene rings is 4. The van der Waals surface area contributed by atoms with Crippen molar-refractivity contribution in [2.24, 2.45) is 5.41 Å². The summed E-state index contributed by atoms with van der Waals surface area (Å²) in [7, 11) is 1.32. The first-order valence-corrected chi connectivity index (χ1v) is 17.9. The van der Waals surface area contributed by atoms with Crippen molar-refractivity contribution in [1.82, 2.24) is 4.90 Å². The van der Waals surface area contributed by atoms with E-state index in [-0.39, 0.29) is 16.9 Å². The number of esters is 2. The first-order valence-electron chi connectivity index (χ1n) is 17.1. The summed E-state index contributed by atoms with van der Waals surface area (Å²) in [4.78, 5) is 45.7. The maximum Gasteiger partial charge on any atom is 0.337 e. The Morgan fingerprint density at radius 1 is 0.800 bits per heavy atom. The van der Waals surface area contributed by atoms with Crippen molar-refractivity contribution in [3.8, 4) is 0 Å². The van der Waals surface area contributed by atoms with Gasteiger partial charge in [0.2, 0.25) is 5.91 Å². The molecule has 2 saturated heterocycles. The minimum atomic E-state index is -1.29. The number of morpholine rings is 1. The van der Waals surface area contributed by atoms with Gasteiger partial charge >= 0.3 is 11.9 Å². The van der Waals surface area contributed by atoms with Crippen molar-refractivity contribution in [1.29, 1.82) is 0 Å². The zero-order valence-corrected chi connectivity index (χ0v) is 29.6. The number of methoxy groups -OCH3 is 1. The second-order valence-corrected chi connectivity index (χ2v) is 15.7. The quantitative estimate of drug-likeness (QED) is 0.213. The van der Waals surface area contributed by atoms with Gasteiger partial charge in [-0.2, -0.15) is 0 Å². The summed E-state index contributed by atoms with van der Waals surface area (Å²) in [5.41, 5.74) is 1.95. The molecule has 4 aromatic rings. The topological polar surface area (TPSA) is 84.9 Å². The van der Waals surface area contributed by atoms with Gasteiger partial charge < -0.3 is 14.8 Å². The highest BCUT2D eigenvalue weighted by Crippen LogP contribution is 2.71. The van der Waals surface area contributed by atoms with E-state index in [2.05, 4.69) is 36.2 Å². The van der Waals surface area contributed by atoms with Gasteiger partial charge in [-0.05, 0) is 83.7 Å². The lowest BCUT2D eigenvalue weighted by molar-refractivity contribution is -0.184. The first kappa shape index (κ1) is 33.0. The predicted molar refractivity (Wildman–Crippen MR) is 192 cm³/mol. The molecule has 0 aromatic heterocycles. The van der Waals surface area contributed by atoms with Crippen LogP contribution in [0.5, 0.6) is 0 Å². The molecule has 0 unspecified atom stereocenters. The number of rotatable bonds is 4. The summed E-state index contributed by atoms with van der Waals surface area (Å²) >= 11 is 13.3. The molecule has 8 rings (SSSR count). The number of amides is 1. The fourth-order valence-electron chi connectivity index (χ4n) is 9.66. The van der Waals surface area contributed by atoms with Crippen LogP contribution in [0.2, 0.25) is 10.0 Å². The second kappa shape index (κ2) is 12.0. The van der Waals surface area contributed by atoms with Crippen LogP contribution in [-0.2, 0) is 24.5 Å². The molecule has 1 aliphatic carbocycles. The van der Waals surface area contributed by atoms with E-state index in [1.165, 1.54) is 7.11 Å². The van der Waals surface area contributed by atoms with Gasteiger partial charge in [-0.3, -0.25) is 14.5 Å². The Hall–Kier alpha value is -4.17. The van der Waals surface area contributed by atoms with Crippen molar-refractivity contribution < 1.29 is 23.9 Å². The van der Waals surface area contributed by atoms with E-state index in [0.717, 1.165) is 29.5 Å². The molecule has 256 valence electrons. The monoisotopic (exact) mass is 708 g/mol. The molecule has 1 N–H and O–H groups in total. The fraction of sp³-hybridized carbons (Fsp3) is 0.341. The zero-order valence-electron chi connectivity index (χ0n) is 28.1. The lowest BCUT2D eigenvalue weighted by Gasteiger charge is -2.57. The standard InChI is InChI=1S/C41H38Cl2N2O5/c1-39(2)16-18-40(19-17-39)41(30-15-14-28(42)23-31(30)44-38(41)48)32(26-20-27(36(46)49-3)22-29(43)21-26)34-37(47)50-35(25-12-8-5-9-13-25)33(45(34)40)24-10-6-4-7-11-24/h4-15,20-23,32-35H,16-19H2,1-3H3,(H,44,48)/t32-,33+,34+,35-,41-/m0/s1. The van der Waals surface area contributed by atoms with Crippen LogP contribution in [0.4, 0.5) is 5.69 Å². The Morgan fingerprint density at radius 3 is 2.12 bits per heavy atom. The molecule has 2 spiro atoms. The van der Waals surface area contributed by atoms with E-state index < -0.39 is 47.0 Å². The minimum absolute atomic E-state index is 0.0173. The van der Waals surface area contributed by atoms with Crippen LogP contribution in [-0.4, -0.2) is 41.4 Å². The average molecular weight is 710 g/mol. The van der Waals surface area contributed by atoms with E-state index in [0.29, 0.717) is 34.1 Å². The van der Waals surface area contributed by atoms with E-state index in [4.69, 9.17) is 32.7 Å².